The lowest BCUT2D eigenvalue weighted by Crippen LogP contribution is -1.99. The van der Waals surface area contributed by atoms with E-state index in [9.17, 15) is 18.9 Å². The van der Waals surface area contributed by atoms with E-state index in [0.29, 0.717) is 11.1 Å². The fourth-order valence-corrected chi connectivity index (χ4v) is 2.17. The van der Waals surface area contributed by atoms with Gasteiger partial charge in [0.05, 0.1) is 4.92 Å². The van der Waals surface area contributed by atoms with Crippen molar-refractivity contribution in [3.05, 3.63) is 63.2 Å². The average molecular weight is 358 g/mol. The van der Waals surface area contributed by atoms with Crippen LogP contribution in [0, 0.1) is 28.7 Å². The zero-order valence-corrected chi connectivity index (χ0v) is 12.5. The Morgan fingerprint density at radius 3 is 2.43 bits per heavy atom. The highest BCUT2D eigenvalue weighted by atomic mass is 79.9. The van der Waals surface area contributed by atoms with Gasteiger partial charge in [-0.15, -0.1) is 0 Å². The SMILES string of the molecule is Cc1cccc(Oc2c(F)cc(CBr)cc2F)c1[N+](=O)[O-]. The largest absolute Gasteiger partial charge is 0.444 e. The summed E-state index contributed by atoms with van der Waals surface area (Å²) in [4.78, 5) is 10.4. The second-order valence-electron chi connectivity index (χ2n) is 4.30. The molecule has 0 radical (unpaired) electrons. The van der Waals surface area contributed by atoms with Crippen LogP contribution in [0.3, 0.4) is 0 Å². The highest BCUT2D eigenvalue weighted by Crippen LogP contribution is 2.36. The first-order valence-electron chi connectivity index (χ1n) is 5.89. The summed E-state index contributed by atoms with van der Waals surface area (Å²) in [6.45, 7) is 1.52. The zero-order valence-electron chi connectivity index (χ0n) is 10.9. The predicted molar refractivity (Wildman–Crippen MR) is 76.9 cm³/mol. The van der Waals surface area contributed by atoms with Gasteiger partial charge in [-0.25, -0.2) is 8.78 Å². The Morgan fingerprint density at radius 2 is 1.90 bits per heavy atom. The molecule has 7 heteroatoms. The number of nitrogens with zero attached hydrogens (tertiary/aromatic N) is 1. The van der Waals surface area contributed by atoms with Crippen LogP contribution < -0.4 is 4.74 Å². The van der Waals surface area contributed by atoms with E-state index < -0.39 is 22.3 Å². The zero-order chi connectivity index (χ0) is 15.6. The van der Waals surface area contributed by atoms with Gasteiger partial charge in [-0.05, 0) is 30.7 Å². The molecule has 2 aromatic carbocycles. The lowest BCUT2D eigenvalue weighted by molar-refractivity contribution is -0.386. The summed E-state index contributed by atoms with van der Waals surface area (Å²) in [5, 5.41) is 11.3. The van der Waals surface area contributed by atoms with Gasteiger partial charge >= 0.3 is 5.69 Å². The third-order valence-electron chi connectivity index (χ3n) is 2.81. The Balaban J connectivity index is 2.49. The Morgan fingerprint density at radius 1 is 1.29 bits per heavy atom. The smallest absolute Gasteiger partial charge is 0.314 e. The number of nitro groups is 1. The van der Waals surface area contributed by atoms with E-state index in [0.717, 1.165) is 12.1 Å². The number of nitro benzene ring substituents is 1. The van der Waals surface area contributed by atoms with Crippen LogP contribution in [0.15, 0.2) is 30.3 Å². The Kier molecular flexibility index (Phi) is 4.52. The standard InChI is InChI=1S/C14H10BrF2NO3/c1-8-3-2-4-12(13(8)18(19)20)21-14-10(16)5-9(7-15)6-11(14)17/h2-6H,7H2,1H3. The van der Waals surface area contributed by atoms with Gasteiger partial charge in [0.1, 0.15) is 0 Å². The molecule has 0 N–H and O–H groups in total. The third kappa shape index (κ3) is 3.18. The molecule has 0 fully saturated rings. The van der Waals surface area contributed by atoms with Crippen molar-refractivity contribution in [1.29, 1.82) is 0 Å². The number of aryl methyl sites for hydroxylation is 1. The van der Waals surface area contributed by atoms with Crippen molar-refractivity contribution in [3.8, 4) is 11.5 Å². The molecule has 0 aromatic heterocycles. The van der Waals surface area contributed by atoms with Crippen molar-refractivity contribution in [3.63, 3.8) is 0 Å². The van der Waals surface area contributed by atoms with E-state index >= 15 is 0 Å². The van der Waals surface area contributed by atoms with Crippen molar-refractivity contribution >= 4 is 21.6 Å². The molecule has 0 unspecified atom stereocenters. The first-order valence-corrected chi connectivity index (χ1v) is 7.02. The number of halogens is 3. The van der Waals surface area contributed by atoms with Crippen LogP contribution in [0.4, 0.5) is 14.5 Å². The van der Waals surface area contributed by atoms with E-state index in [1.807, 2.05) is 0 Å². The predicted octanol–water partition coefficient (Wildman–Crippen LogP) is 4.87. The minimum atomic E-state index is -0.916. The van der Waals surface area contributed by atoms with Gasteiger partial charge in [-0.2, -0.15) is 0 Å². The maximum Gasteiger partial charge on any atom is 0.314 e. The highest BCUT2D eigenvalue weighted by molar-refractivity contribution is 9.08. The maximum atomic E-state index is 13.9. The van der Waals surface area contributed by atoms with Crippen LogP contribution >= 0.6 is 15.9 Å². The minimum absolute atomic E-state index is 0.204. The molecule has 0 atom stereocenters. The molecule has 0 aliphatic carbocycles. The number of rotatable bonds is 4. The van der Waals surface area contributed by atoms with Crippen LogP contribution in [0.1, 0.15) is 11.1 Å². The quantitative estimate of drug-likeness (QED) is 0.445. The molecule has 21 heavy (non-hydrogen) atoms. The summed E-state index contributed by atoms with van der Waals surface area (Å²) in [5.74, 6) is -2.70. The molecular weight excluding hydrogens is 348 g/mol. The molecule has 0 saturated carbocycles. The molecule has 2 rings (SSSR count). The number of para-hydroxylation sites is 1. The molecule has 0 amide bonds. The monoisotopic (exact) mass is 357 g/mol. The molecule has 4 nitrogen and oxygen atoms in total. The van der Waals surface area contributed by atoms with Crippen LogP contribution in [0.5, 0.6) is 11.5 Å². The molecule has 110 valence electrons. The normalized spacial score (nSPS) is 10.5. The first kappa shape index (κ1) is 15.4. The van der Waals surface area contributed by atoms with Crippen molar-refractivity contribution in [2.45, 2.75) is 12.3 Å². The summed E-state index contributed by atoms with van der Waals surface area (Å²) >= 11 is 3.09. The van der Waals surface area contributed by atoms with Gasteiger partial charge in [0.15, 0.2) is 17.4 Å². The van der Waals surface area contributed by atoms with E-state index in [4.69, 9.17) is 4.74 Å². The number of hydrogen-bond acceptors (Lipinski definition) is 3. The summed E-state index contributed by atoms with van der Waals surface area (Å²) in [6.07, 6.45) is 0. The van der Waals surface area contributed by atoms with Crippen molar-refractivity contribution in [2.75, 3.05) is 0 Å². The van der Waals surface area contributed by atoms with Crippen LogP contribution in [0.2, 0.25) is 0 Å². The van der Waals surface area contributed by atoms with E-state index in [-0.39, 0.29) is 16.8 Å². The Bertz CT molecular complexity index is 684. The Hall–Kier alpha value is -2.02. The van der Waals surface area contributed by atoms with Crippen LogP contribution in [-0.4, -0.2) is 4.92 Å². The fraction of sp³-hybridized carbons (Fsp3) is 0.143. The molecule has 0 aliphatic heterocycles. The van der Waals surface area contributed by atoms with E-state index in [1.165, 1.54) is 25.1 Å². The average Bonchev–Trinajstić information content (AvgIpc) is 2.42. The van der Waals surface area contributed by atoms with Gasteiger partial charge in [0, 0.05) is 10.9 Å². The van der Waals surface area contributed by atoms with E-state index in [1.54, 1.807) is 0 Å². The molecule has 0 heterocycles. The summed E-state index contributed by atoms with van der Waals surface area (Å²) in [5.41, 5.74) is 0.423. The first-order chi connectivity index (χ1) is 9.93. The molecule has 0 aliphatic rings. The van der Waals surface area contributed by atoms with Gasteiger partial charge in [0.25, 0.3) is 0 Å². The van der Waals surface area contributed by atoms with Crippen LogP contribution in [0.25, 0.3) is 0 Å². The topological polar surface area (TPSA) is 52.4 Å². The maximum absolute atomic E-state index is 13.9. The Labute approximate surface area is 127 Å². The van der Waals surface area contributed by atoms with Crippen molar-refractivity contribution in [1.82, 2.24) is 0 Å². The van der Waals surface area contributed by atoms with Gasteiger partial charge in [-0.1, -0.05) is 28.1 Å². The second kappa shape index (κ2) is 6.17. The summed E-state index contributed by atoms with van der Waals surface area (Å²) in [7, 11) is 0. The van der Waals surface area contributed by atoms with Gasteiger partial charge in [0.2, 0.25) is 5.75 Å². The summed E-state index contributed by atoms with van der Waals surface area (Å²) in [6, 6.07) is 6.54. The molecular formula is C14H10BrF2NO3. The van der Waals surface area contributed by atoms with Gasteiger partial charge in [-0.3, -0.25) is 10.1 Å². The lowest BCUT2D eigenvalue weighted by atomic mass is 10.2. The fourth-order valence-electron chi connectivity index (χ4n) is 1.85. The number of alkyl halides is 1. The van der Waals surface area contributed by atoms with E-state index in [2.05, 4.69) is 15.9 Å². The minimum Gasteiger partial charge on any atom is -0.444 e. The van der Waals surface area contributed by atoms with Gasteiger partial charge < -0.3 is 4.74 Å². The van der Waals surface area contributed by atoms with Crippen molar-refractivity contribution in [2.24, 2.45) is 0 Å². The van der Waals surface area contributed by atoms with Crippen molar-refractivity contribution < 1.29 is 18.4 Å². The number of ether oxygens (including phenoxy) is 1. The summed E-state index contributed by atoms with van der Waals surface area (Å²) < 4.78 is 32.8. The lowest BCUT2D eigenvalue weighted by Gasteiger charge is -2.10. The highest BCUT2D eigenvalue weighted by Gasteiger charge is 2.22. The van der Waals surface area contributed by atoms with Crippen LogP contribution in [-0.2, 0) is 5.33 Å². The molecule has 0 saturated heterocycles. The number of benzene rings is 2. The third-order valence-corrected chi connectivity index (χ3v) is 3.46. The molecule has 0 spiro atoms. The molecule has 2 aromatic rings. The molecule has 0 bridgehead atoms. The number of hydrogen-bond donors (Lipinski definition) is 0. The second-order valence-corrected chi connectivity index (χ2v) is 4.86.